The normalized spacial score (nSPS) is 14.4. The Kier molecular flexibility index (Phi) is 10.6. The molecule has 5 rings (SSSR count). The van der Waals surface area contributed by atoms with E-state index in [-0.39, 0.29) is 37.6 Å². The first-order valence-corrected chi connectivity index (χ1v) is 15.8. The minimum atomic E-state index is -4.48. The summed E-state index contributed by atoms with van der Waals surface area (Å²) in [5.74, 6) is -0.613. The van der Waals surface area contributed by atoms with Crippen LogP contribution in [0.3, 0.4) is 0 Å². The SMILES string of the molecule is CC(C)(C)OC(=O)N1CCc2ccc(Oc3ccc(C(F)(F)F)cc3)cc2[C@H]1C(=O)NCCC(=O)OCc1ccc(-c2ccccc2)cc1. The van der Waals surface area contributed by atoms with Gasteiger partial charge in [-0.25, -0.2) is 4.79 Å². The van der Waals surface area contributed by atoms with Crippen LogP contribution in [0.25, 0.3) is 11.1 Å². The van der Waals surface area contributed by atoms with Crippen molar-refractivity contribution in [2.45, 2.75) is 58.0 Å². The molecule has 8 nitrogen and oxygen atoms in total. The van der Waals surface area contributed by atoms with Gasteiger partial charge in [-0.2, -0.15) is 13.2 Å². The Morgan fingerprint density at radius 3 is 2.14 bits per heavy atom. The van der Waals surface area contributed by atoms with Crippen LogP contribution in [-0.4, -0.2) is 41.6 Å². The van der Waals surface area contributed by atoms with E-state index in [1.807, 2.05) is 54.6 Å². The minimum Gasteiger partial charge on any atom is -0.461 e. The average Bonchev–Trinajstić information content (AvgIpc) is 3.06. The van der Waals surface area contributed by atoms with Crippen molar-refractivity contribution in [1.29, 1.82) is 0 Å². The number of halogens is 3. The van der Waals surface area contributed by atoms with Crippen molar-refractivity contribution in [1.82, 2.24) is 10.2 Å². The van der Waals surface area contributed by atoms with Gasteiger partial charge in [-0.3, -0.25) is 14.5 Å². The second kappa shape index (κ2) is 14.8. The lowest BCUT2D eigenvalue weighted by atomic mass is 9.92. The summed E-state index contributed by atoms with van der Waals surface area (Å²) < 4.78 is 55.9. The predicted molar refractivity (Wildman–Crippen MR) is 177 cm³/mol. The number of nitrogens with one attached hydrogen (secondary N) is 1. The summed E-state index contributed by atoms with van der Waals surface area (Å²) >= 11 is 0. The summed E-state index contributed by atoms with van der Waals surface area (Å²) in [5, 5.41) is 2.75. The molecule has 4 aromatic carbocycles. The minimum absolute atomic E-state index is 0.0413. The molecule has 1 heterocycles. The third kappa shape index (κ3) is 9.40. The molecule has 256 valence electrons. The number of hydrogen-bond acceptors (Lipinski definition) is 6. The molecular formula is C38H37F3N2O6. The lowest BCUT2D eigenvalue weighted by Crippen LogP contribution is -2.49. The molecule has 1 aliphatic heterocycles. The van der Waals surface area contributed by atoms with E-state index in [0.29, 0.717) is 12.0 Å². The highest BCUT2D eigenvalue weighted by Crippen LogP contribution is 2.36. The van der Waals surface area contributed by atoms with Gasteiger partial charge in [-0.05, 0) is 91.4 Å². The van der Waals surface area contributed by atoms with Crippen molar-refractivity contribution in [3.8, 4) is 22.6 Å². The van der Waals surface area contributed by atoms with Gasteiger partial charge in [0.15, 0.2) is 0 Å². The third-order valence-electron chi connectivity index (χ3n) is 7.73. The first-order chi connectivity index (χ1) is 23.3. The first-order valence-electron chi connectivity index (χ1n) is 15.8. The molecule has 49 heavy (non-hydrogen) atoms. The van der Waals surface area contributed by atoms with Crippen molar-refractivity contribution in [3.05, 3.63) is 119 Å². The fourth-order valence-electron chi connectivity index (χ4n) is 5.35. The molecule has 0 saturated carbocycles. The zero-order valence-corrected chi connectivity index (χ0v) is 27.4. The summed E-state index contributed by atoms with van der Waals surface area (Å²) in [4.78, 5) is 40.8. The third-order valence-corrected chi connectivity index (χ3v) is 7.73. The second-order valence-electron chi connectivity index (χ2n) is 12.6. The van der Waals surface area contributed by atoms with Crippen LogP contribution in [0.15, 0.2) is 97.1 Å². The van der Waals surface area contributed by atoms with Gasteiger partial charge in [0.1, 0.15) is 29.7 Å². The van der Waals surface area contributed by atoms with E-state index in [2.05, 4.69) is 5.32 Å². The van der Waals surface area contributed by atoms with Crippen LogP contribution in [-0.2, 0) is 38.3 Å². The van der Waals surface area contributed by atoms with Crippen LogP contribution < -0.4 is 10.1 Å². The Labute approximate surface area is 282 Å². The summed E-state index contributed by atoms with van der Waals surface area (Å²) in [7, 11) is 0. The quantitative estimate of drug-likeness (QED) is 0.180. The first kappa shape index (κ1) is 35.0. The molecule has 0 fully saturated rings. The molecule has 1 atom stereocenters. The smallest absolute Gasteiger partial charge is 0.416 e. The monoisotopic (exact) mass is 674 g/mol. The Bertz CT molecular complexity index is 1770. The lowest BCUT2D eigenvalue weighted by molar-refractivity contribution is -0.145. The zero-order chi connectivity index (χ0) is 35.2. The Morgan fingerprint density at radius 1 is 0.837 bits per heavy atom. The molecule has 1 N–H and O–H groups in total. The van der Waals surface area contributed by atoms with E-state index in [1.54, 1.807) is 39.0 Å². The molecule has 11 heteroatoms. The summed E-state index contributed by atoms with van der Waals surface area (Å²) in [6.45, 7) is 5.39. The number of amides is 2. The van der Waals surface area contributed by atoms with Crippen molar-refractivity contribution in [2.24, 2.45) is 0 Å². The van der Waals surface area contributed by atoms with E-state index < -0.39 is 41.4 Å². The standard InChI is InChI=1S/C38H37F3N2O6/c1-37(2,3)49-36(46)43-22-20-28-13-16-31(48-30-17-14-29(15-18-30)38(39,40)41)23-32(28)34(43)35(45)42-21-19-33(44)47-24-25-9-11-27(12-10-25)26-7-5-4-6-8-26/h4-18,23,34H,19-22,24H2,1-3H3,(H,42,45)/t34-/m0/s1. The van der Waals surface area contributed by atoms with Crippen LogP contribution in [0.2, 0.25) is 0 Å². The van der Waals surface area contributed by atoms with Gasteiger partial charge in [-0.1, -0.05) is 60.7 Å². The number of ether oxygens (including phenoxy) is 3. The maximum Gasteiger partial charge on any atom is 0.416 e. The molecule has 0 saturated heterocycles. The molecule has 2 amide bonds. The van der Waals surface area contributed by atoms with Crippen LogP contribution in [0.4, 0.5) is 18.0 Å². The van der Waals surface area contributed by atoms with Crippen molar-refractivity contribution < 1.29 is 41.8 Å². The van der Waals surface area contributed by atoms with Crippen LogP contribution in [0.5, 0.6) is 11.5 Å². The topological polar surface area (TPSA) is 94.2 Å². The molecule has 4 aromatic rings. The van der Waals surface area contributed by atoms with E-state index in [0.717, 1.165) is 34.4 Å². The largest absolute Gasteiger partial charge is 0.461 e. The molecular weight excluding hydrogens is 637 g/mol. The molecule has 0 spiro atoms. The second-order valence-corrected chi connectivity index (χ2v) is 12.6. The van der Waals surface area contributed by atoms with Gasteiger partial charge in [0.2, 0.25) is 5.91 Å². The van der Waals surface area contributed by atoms with E-state index in [9.17, 15) is 27.6 Å². The van der Waals surface area contributed by atoms with Crippen molar-refractivity contribution >= 4 is 18.0 Å². The highest BCUT2D eigenvalue weighted by Gasteiger charge is 2.38. The fourth-order valence-corrected chi connectivity index (χ4v) is 5.35. The average molecular weight is 675 g/mol. The predicted octanol–water partition coefficient (Wildman–Crippen LogP) is 8.25. The summed E-state index contributed by atoms with van der Waals surface area (Å²) in [5.41, 5.74) is 2.57. The van der Waals surface area contributed by atoms with Gasteiger partial charge >= 0.3 is 18.2 Å². The number of fused-ring (bicyclic) bond motifs is 1. The van der Waals surface area contributed by atoms with E-state index >= 15 is 0 Å². The van der Waals surface area contributed by atoms with E-state index in [1.165, 1.54) is 17.0 Å². The lowest BCUT2D eigenvalue weighted by Gasteiger charge is -2.37. The fraction of sp³-hybridized carbons (Fsp3) is 0.289. The van der Waals surface area contributed by atoms with Gasteiger partial charge < -0.3 is 19.5 Å². The Morgan fingerprint density at radius 2 is 1.49 bits per heavy atom. The highest BCUT2D eigenvalue weighted by atomic mass is 19.4. The van der Waals surface area contributed by atoms with Crippen molar-refractivity contribution in [3.63, 3.8) is 0 Å². The summed E-state index contributed by atoms with van der Waals surface area (Å²) in [6, 6.07) is 25.7. The van der Waals surface area contributed by atoms with Crippen molar-refractivity contribution in [2.75, 3.05) is 13.1 Å². The van der Waals surface area contributed by atoms with Crippen LogP contribution >= 0.6 is 0 Å². The zero-order valence-electron chi connectivity index (χ0n) is 27.4. The molecule has 0 unspecified atom stereocenters. The molecule has 0 radical (unpaired) electrons. The maximum absolute atomic E-state index is 13.7. The Hall–Kier alpha value is -5.32. The molecule has 0 aliphatic carbocycles. The van der Waals surface area contributed by atoms with Gasteiger partial charge in [0.25, 0.3) is 0 Å². The Balaban J connectivity index is 1.24. The van der Waals surface area contributed by atoms with Gasteiger partial charge in [0, 0.05) is 13.1 Å². The number of alkyl halides is 3. The number of rotatable bonds is 9. The number of benzene rings is 4. The van der Waals surface area contributed by atoms with Gasteiger partial charge in [0.05, 0.1) is 12.0 Å². The number of carbonyl (C=O) groups excluding carboxylic acids is 3. The molecule has 1 aliphatic rings. The number of hydrogen-bond donors (Lipinski definition) is 1. The number of esters is 1. The molecule has 0 bridgehead atoms. The maximum atomic E-state index is 13.7. The molecule has 0 aromatic heterocycles. The summed E-state index contributed by atoms with van der Waals surface area (Å²) in [6.07, 6.45) is -4.85. The number of nitrogens with zero attached hydrogens (tertiary/aromatic N) is 1. The van der Waals surface area contributed by atoms with Crippen LogP contribution in [0, 0.1) is 0 Å². The number of carbonyl (C=O) groups is 3. The highest BCUT2D eigenvalue weighted by molar-refractivity contribution is 5.88. The van der Waals surface area contributed by atoms with E-state index in [4.69, 9.17) is 14.2 Å². The van der Waals surface area contributed by atoms with Gasteiger partial charge in [-0.15, -0.1) is 0 Å². The van der Waals surface area contributed by atoms with Crippen LogP contribution in [0.1, 0.15) is 55.5 Å².